The number of hydrogen-bond acceptors (Lipinski definition) is 2. The van der Waals surface area contributed by atoms with E-state index in [1.807, 2.05) is 0 Å². The Morgan fingerprint density at radius 3 is 2.70 bits per heavy atom. The van der Waals surface area contributed by atoms with Crippen molar-refractivity contribution < 1.29 is 8.78 Å². The molecule has 5 heteroatoms. The first-order chi connectivity index (χ1) is 12.8. The average Bonchev–Trinajstić information content (AvgIpc) is 2.61. The molecule has 0 bridgehead atoms. The van der Waals surface area contributed by atoms with E-state index >= 15 is 0 Å². The lowest BCUT2D eigenvalue weighted by molar-refractivity contribution is 0.240. The zero-order valence-electron chi connectivity index (χ0n) is 15.1. The molecular weight excluding hydrogens is 346 g/mol. The van der Waals surface area contributed by atoms with E-state index in [0.29, 0.717) is 23.0 Å². The van der Waals surface area contributed by atoms with Crippen molar-refractivity contribution in [3.8, 4) is 11.8 Å². The molecule has 4 rings (SSSR count). The van der Waals surface area contributed by atoms with Crippen molar-refractivity contribution in [1.82, 2.24) is 9.55 Å². The quantitative estimate of drug-likeness (QED) is 0.564. The van der Waals surface area contributed by atoms with Crippen molar-refractivity contribution in [2.75, 3.05) is 0 Å². The van der Waals surface area contributed by atoms with E-state index in [1.165, 1.54) is 12.1 Å². The molecule has 3 aromatic rings. The first-order valence-corrected chi connectivity index (χ1v) is 8.83. The van der Waals surface area contributed by atoms with E-state index in [0.717, 1.165) is 24.7 Å². The number of aryl methyl sites for hydroxylation is 1. The minimum atomic E-state index is -0.698. The molecule has 2 aromatic carbocycles. The number of rotatable bonds is 0. The second-order valence-electron chi connectivity index (χ2n) is 7.69. The van der Waals surface area contributed by atoms with Gasteiger partial charge in [-0.2, -0.15) is 0 Å². The molecule has 0 spiro atoms. The molecular formula is C22H18F2N2O. The van der Waals surface area contributed by atoms with Crippen LogP contribution in [0.2, 0.25) is 0 Å². The van der Waals surface area contributed by atoms with E-state index < -0.39 is 11.6 Å². The van der Waals surface area contributed by atoms with Gasteiger partial charge in [0.05, 0.1) is 16.5 Å². The summed E-state index contributed by atoms with van der Waals surface area (Å²) in [4.78, 5) is 17.5. The van der Waals surface area contributed by atoms with Gasteiger partial charge >= 0.3 is 0 Å². The van der Waals surface area contributed by atoms with E-state index in [1.54, 1.807) is 22.8 Å². The Balaban J connectivity index is 1.76. The molecule has 0 saturated carbocycles. The van der Waals surface area contributed by atoms with E-state index in [9.17, 15) is 13.6 Å². The first kappa shape index (κ1) is 17.4. The van der Waals surface area contributed by atoms with Crippen molar-refractivity contribution >= 4 is 10.9 Å². The molecule has 2 heterocycles. The summed E-state index contributed by atoms with van der Waals surface area (Å²) in [7, 11) is 0. The van der Waals surface area contributed by atoms with E-state index in [2.05, 4.69) is 30.7 Å². The fourth-order valence-electron chi connectivity index (χ4n) is 3.39. The SMILES string of the molecule is CC1(C)CCc2nc3cc(C#Cc4ccc(F)cc4F)ccc3c(=O)n2C1. The van der Waals surface area contributed by atoms with Crippen molar-refractivity contribution in [3.63, 3.8) is 0 Å². The molecule has 0 unspecified atom stereocenters. The fourth-order valence-corrected chi connectivity index (χ4v) is 3.39. The lowest BCUT2D eigenvalue weighted by Crippen LogP contribution is -2.36. The van der Waals surface area contributed by atoms with Crippen LogP contribution in [0.1, 0.15) is 37.2 Å². The third kappa shape index (κ3) is 3.35. The predicted molar refractivity (Wildman–Crippen MR) is 100 cm³/mol. The summed E-state index contributed by atoms with van der Waals surface area (Å²) >= 11 is 0. The molecule has 136 valence electrons. The summed E-state index contributed by atoms with van der Waals surface area (Å²) in [5.74, 6) is 5.03. The minimum absolute atomic E-state index is 0.0353. The molecule has 3 nitrogen and oxygen atoms in total. The van der Waals surface area contributed by atoms with Crippen molar-refractivity contribution in [1.29, 1.82) is 0 Å². The second kappa shape index (κ2) is 6.31. The monoisotopic (exact) mass is 364 g/mol. The molecule has 0 radical (unpaired) electrons. The highest BCUT2D eigenvalue weighted by atomic mass is 19.1. The summed E-state index contributed by atoms with van der Waals surface area (Å²) in [6.07, 6.45) is 1.74. The summed E-state index contributed by atoms with van der Waals surface area (Å²) in [5, 5.41) is 0.551. The highest BCUT2D eigenvalue weighted by molar-refractivity contribution is 5.79. The van der Waals surface area contributed by atoms with Gasteiger partial charge in [-0.25, -0.2) is 13.8 Å². The van der Waals surface area contributed by atoms with Crippen LogP contribution in [0.5, 0.6) is 0 Å². The van der Waals surface area contributed by atoms with Crippen LogP contribution in [0, 0.1) is 28.9 Å². The largest absolute Gasteiger partial charge is 0.296 e. The Labute approximate surface area is 155 Å². The van der Waals surface area contributed by atoms with Crippen LogP contribution >= 0.6 is 0 Å². The standard InChI is InChI=1S/C22H18F2N2O/c1-22(2)10-9-20-25-19-11-14(4-8-17(19)21(27)26(20)13-22)3-5-15-6-7-16(23)12-18(15)24/h4,6-8,11-12H,9-10,13H2,1-2H3. The Morgan fingerprint density at radius 1 is 1.11 bits per heavy atom. The predicted octanol–water partition coefficient (Wildman–Crippen LogP) is 4.05. The highest BCUT2D eigenvalue weighted by Gasteiger charge is 2.27. The van der Waals surface area contributed by atoms with Crippen molar-refractivity contribution in [2.45, 2.75) is 33.2 Å². The smallest absolute Gasteiger partial charge is 0.261 e. The minimum Gasteiger partial charge on any atom is -0.296 e. The van der Waals surface area contributed by atoms with E-state index in [4.69, 9.17) is 0 Å². The zero-order chi connectivity index (χ0) is 19.2. The van der Waals surface area contributed by atoms with Gasteiger partial charge in [0.15, 0.2) is 0 Å². The molecule has 0 saturated heterocycles. The Morgan fingerprint density at radius 2 is 1.93 bits per heavy atom. The lowest BCUT2D eigenvalue weighted by Gasteiger charge is -2.31. The number of aromatic nitrogens is 2. The summed E-state index contributed by atoms with van der Waals surface area (Å²) in [5.41, 5.74) is 1.39. The fraction of sp³-hybridized carbons (Fsp3) is 0.273. The number of fused-ring (bicyclic) bond motifs is 2. The molecule has 0 aliphatic carbocycles. The van der Waals surface area contributed by atoms with Gasteiger partial charge in [-0.1, -0.05) is 25.7 Å². The number of nitrogens with zero attached hydrogens (tertiary/aromatic N) is 2. The Hall–Kier alpha value is -3.00. The van der Waals surface area contributed by atoms with Gasteiger partial charge in [-0.05, 0) is 42.2 Å². The van der Waals surface area contributed by atoms with Crippen LogP contribution in [-0.2, 0) is 13.0 Å². The summed E-state index contributed by atoms with van der Waals surface area (Å²) in [6.45, 7) is 4.97. The highest BCUT2D eigenvalue weighted by Crippen LogP contribution is 2.29. The molecule has 1 aliphatic rings. The Bertz CT molecular complexity index is 1180. The van der Waals surface area contributed by atoms with E-state index in [-0.39, 0.29) is 16.5 Å². The normalized spacial score (nSPS) is 15.1. The average molecular weight is 364 g/mol. The first-order valence-electron chi connectivity index (χ1n) is 8.83. The maximum Gasteiger partial charge on any atom is 0.261 e. The molecule has 0 N–H and O–H groups in total. The molecule has 0 fully saturated rings. The second-order valence-corrected chi connectivity index (χ2v) is 7.69. The van der Waals surface area contributed by atoms with Gasteiger partial charge in [0.1, 0.15) is 17.5 Å². The van der Waals surface area contributed by atoms with Crippen molar-refractivity contribution in [2.24, 2.45) is 5.41 Å². The lowest BCUT2D eigenvalue weighted by atomic mass is 9.85. The van der Waals surface area contributed by atoms with Crippen LogP contribution in [-0.4, -0.2) is 9.55 Å². The van der Waals surface area contributed by atoms with Crippen molar-refractivity contribution in [3.05, 3.63) is 75.3 Å². The zero-order valence-corrected chi connectivity index (χ0v) is 15.1. The maximum atomic E-state index is 13.7. The molecule has 1 aromatic heterocycles. The Kier molecular flexibility index (Phi) is 4.07. The summed E-state index contributed by atoms with van der Waals surface area (Å²) in [6, 6.07) is 8.46. The summed E-state index contributed by atoms with van der Waals surface area (Å²) < 4.78 is 28.5. The number of benzene rings is 2. The van der Waals surface area contributed by atoms with Gasteiger partial charge in [0.2, 0.25) is 0 Å². The van der Waals surface area contributed by atoms with Crippen LogP contribution in [0.3, 0.4) is 0 Å². The van der Waals surface area contributed by atoms with Crippen LogP contribution in [0.4, 0.5) is 8.78 Å². The van der Waals surface area contributed by atoms with Gasteiger partial charge < -0.3 is 0 Å². The number of hydrogen-bond donors (Lipinski definition) is 0. The molecule has 27 heavy (non-hydrogen) atoms. The van der Waals surface area contributed by atoms with Crippen LogP contribution < -0.4 is 5.56 Å². The van der Waals surface area contributed by atoms with Crippen LogP contribution in [0.15, 0.2) is 41.2 Å². The molecule has 1 aliphatic heterocycles. The molecule has 0 amide bonds. The molecule has 0 atom stereocenters. The third-order valence-corrected chi connectivity index (χ3v) is 4.92. The van der Waals surface area contributed by atoms with Crippen LogP contribution in [0.25, 0.3) is 10.9 Å². The van der Waals surface area contributed by atoms with Gasteiger partial charge in [0.25, 0.3) is 5.56 Å². The third-order valence-electron chi connectivity index (χ3n) is 4.92. The van der Waals surface area contributed by atoms with Gasteiger partial charge in [-0.15, -0.1) is 0 Å². The number of halogens is 2. The van der Waals surface area contributed by atoms with Gasteiger partial charge in [-0.3, -0.25) is 9.36 Å². The maximum absolute atomic E-state index is 13.7. The topological polar surface area (TPSA) is 34.9 Å². The van der Waals surface area contributed by atoms with Gasteiger partial charge in [0, 0.05) is 24.6 Å².